The minimum atomic E-state index is 0.631. The van der Waals surface area contributed by atoms with Gasteiger partial charge in [-0.2, -0.15) is 0 Å². The van der Waals surface area contributed by atoms with Gasteiger partial charge in [0.1, 0.15) is 0 Å². The van der Waals surface area contributed by atoms with Crippen LogP contribution in [0.25, 0.3) is 89.4 Å². The third-order valence-corrected chi connectivity index (χ3v) is 9.29. The van der Waals surface area contributed by atoms with Gasteiger partial charge in [-0.3, -0.25) is 4.98 Å². The molecule has 9 rings (SSSR count). The molecule has 6 aromatic carbocycles. The van der Waals surface area contributed by atoms with E-state index in [1.807, 2.05) is 79.4 Å². The first-order valence-corrected chi connectivity index (χ1v) is 17.2. The number of fused-ring (bicyclic) bond motifs is 1. The summed E-state index contributed by atoms with van der Waals surface area (Å²) in [6.07, 6.45) is 7.41. The van der Waals surface area contributed by atoms with Gasteiger partial charge >= 0.3 is 0 Å². The van der Waals surface area contributed by atoms with Crippen molar-refractivity contribution in [3.05, 3.63) is 189 Å². The molecule has 0 aliphatic heterocycles. The first-order chi connectivity index (χ1) is 25.7. The molecular formula is C47H31N5. The predicted molar refractivity (Wildman–Crippen MR) is 211 cm³/mol. The SMILES string of the molecule is c1ccc(-c2cnc(-c3cc(-c4ccc(-c5ccncc5)cc4)cc(-c4nc(-c5ccccc5)c5ccc(-c6ccccc6)cc5n4)c3)nc2)cc1. The fourth-order valence-corrected chi connectivity index (χ4v) is 6.59. The van der Waals surface area contributed by atoms with Crippen LogP contribution in [0.5, 0.6) is 0 Å². The maximum atomic E-state index is 5.26. The minimum Gasteiger partial charge on any atom is -0.265 e. The van der Waals surface area contributed by atoms with E-state index in [1.165, 1.54) is 0 Å². The molecule has 3 heterocycles. The Morgan fingerprint density at radius 2 is 0.788 bits per heavy atom. The second-order valence-electron chi connectivity index (χ2n) is 12.6. The molecule has 0 radical (unpaired) electrons. The smallest absolute Gasteiger partial charge is 0.160 e. The van der Waals surface area contributed by atoms with Crippen LogP contribution in [0, 0.1) is 0 Å². The van der Waals surface area contributed by atoms with E-state index in [9.17, 15) is 0 Å². The van der Waals surface area contributed by atoms with Crippen molar-refractivity contribution in [2.75, 3.05) is 0 Å². The molecule has 0 aliphatic carbocycles. The molecule has 0 unspecified atom stereocenters. The van der Waals surface area contributed by atoms with Gasteiger partial charge in [-0.15, -0.1) is 0 Å². The first-order valence-electron chi connectivity index (χ1n) is 17.2. The zero-order valence-corrected chi connectivity index (χ0v) is 28.1. The number of nitrogens with zero attached hydrogens (tertiary/aromatic N) is 5. The van der Waals surface area contributed by atoms with E-state index >= 15 is 0 Å². The average Bonchev–Trinajstić information content (AvgIpc) is 3.24. The highest BCUT2D eigenvalue weighted by Crippen LogP contribution is 2.36. The van der Waals surface area contributed by atoms with Crippen LogP contribution in [0.4, 0.5) is 0 Å². The van der Waals surface area contributed by atoms with Crippen molar-refractivity contribution >= 4 is 10.9 Å². The van der Waals surface area contributed by atoms with Crippen molar-refractivity contribution in [1.29, 1.82) is 0 Å². The van der Waals surface area contributed by atoms with Crippen molar-refractivity contribution in [2.45, 2.75) is 0 Å². The summed E-state index contributed by atoms with van der Waals surface area (Å²) in [6, 6.07) is 56.4. The molecule has 0 N–H and O–H groups in total. The molecule has 0 atom stereocenters. The molecule has 0 saturated heterocycles. The van der Waals surface area contributed by atoms with E-state index < -0.39 is 0 Å². The second-order valence-corrected chi connectivity index (χ2v) is 12.6. The van der Waals surface area contributed by atoms with Crippen LogP contribution in [-0.2, 0) is 0 Å². The lowest BCUT2D eigenvalue weighted by Crippen LogP contribution is -1.97. The third kappa shape index (κ3) is 6.23. The standard InChI is InChI=1S/C47H31N5/c1-4-10-32(11-5-1)38-20-21-43-44(29-38)51-47(52-45(43)37-14-8-3-9-15-37)41-27-39(35-18-16-34(17-19-35)36-22-24-48-25-23-36)26-40(28-41)46-49-30-42(31-50-46)33-12-6-2-7-13-33/h1-31H. The molecule has 0 aliphatic rings. The van der Waals surface area contributed by atoms with E-state index in [0.29, 0.717) is 11.6 Å². The van der Waals surface area contributed by atoms with Crippen LogP contribution in [0.3, 0.4) is 0 Å². The molecule has 9 aromatic rings. The van der Waals surface area contributed by atoms with Crippen molar-refractivity contribution in [3.63, 3.8) is 0 Å². The molecule has 52 heavy (non-hydrogen) atoms. The molecule has 0 bridgehead atoms. The van der Waals surface area contributed by atoms with Crippen LogP contribution in [0.1, 0.15) is 0 Å². The Morgan fingerprint density at radius 1 is 0.308 bits per heavy atom. The Balaban J connectivity index is 1.22. The average molecular weight is 666 g/mol. The third-order valence-electron chi connectivity index (χ3n) is 9.29. The lowest BCUT2D eigenvalue weighted by Gasteiger charge is -2.13. The minimum absolute atomic E-state index is 0.631. The number of rotatable bonds is 7. The molecule has 5 heteroatoms. The number of hydrogen-bond acceptors (Lipinski definition) is 5. The summed E-state index contributed by atoms with van der Waals surface area (Å²) >= 11 is 0. The van der Waals surface area contributed by atoms with Crippen LogP contribution in [0.15, 0.2) is 189 Å². The van der Waals surface area contributed by atoms with Gasteiger partial charge in [-0.1, -0.05) is 121 Å². The largest absolute Gasteiger partial charge is 0.265 e. The van der Waals surface area contributed by atoms with E-state index in [0.717, 1.165) is 77.8 Å². The lowest BCUT2D eigenvalue weighted by molar-refractivity contribution is 1.17. The topological polar surface area (TPSA) is 64.5 Å². The quantitative estimate of drug-likeness (QED) is 0.169. The number of hydrogen-bond donors (Lipinski definition) is 0. The maximum Gasteiger partial charge on any atom is 0.160 e. The van der Waals surface area contributed by atoms with E-state index in [4.69, 9.17) is 19.9 Å². The second kappa shape index (κ2) is 13.7. The van der Waals surface area contributed by atoms with Crippen LogP contribution in [-0.4, -0.2) is 24.9 Å². The predicted octanol–water partition coefficient (Wildman–Crippen LogP) is 11.5. The zero-order chi connectivity index (χ0) is 34.7. The molecule has 3 aromatic heterocycles. The molecule has 244 valence electrons. The molecule has 0 amide bonds. The van der Waals surface area contributed by atoms with Gasteiger partial charge in [-0.05, 0) is 81.4 Å². The van der Waals surface area contributed by atoms with Crippen molar-refractivity contribution in [3.8, 4) is 78.5 Å². The van der Waals surface area contributed by atoms with Crippen molar-refractivity contribution in [2.24, 2.45) is 0 Å². The van der Waals surface area contributed by atoms with Crippen molar-refractivity contribution in [1.82, 2.24) is 24.9 Å². The summed E-state index contributed by atoms with van der Waals surface area (Å²) < 4.78 is 0. The molecule has 0 spiro atoms. The monoisotopic (exact) mass is 665 g/mol. The summed E-state index contributed by atoms with van der Waals surface area (Å²) in [5, 5.41) is 0.998. The van der Waals surface area contributed by atoms with Gasteiger partial charge in [0.2, 0.25) is 0 Å². The van der Waals surface area contributed by atoms with E-state index in [2.05, 4.69) is 114 Å². The van der Waals surface area contributed by atoms with Crippen LogP contribution >= 0.6 is 0 Å². The summed E-state index contributed by atoms with van der Waals surface area (Å²) in [4.78, 5) is 24.4. The fourth-order valence-electron chi connectivity index (χ4n) is 6.59. The normalized spacial score (nSPS) is 11.1. The number of aromatic nitrogens is 5. The Hall–Kier alpha value is -7.11. The van der Waals surface area contributed by atoms with Crippen molar-refractivity contribution < 1.29 is 0 Å². The Kier molecular flexibility index (Phi) is 8.12. The lowest BCUT2D eigenvalue weighted by atomic mass is 9.96. The van der Waals surface area contributed by atoms with Crippen LogP contribution in [0.2, 0.25) is 0 Å². The number of benzene rings is 6. The van der Waals surface area contributed by atoms with Crippen LogP contribution < -0.4 is 0 Å². The Bertz CT molecular complexity index is 2530. The Morgan fingerprint density at radius 3 is 1.42 bits per heavy atom. The molecular weight excluding hydrogens is 635 g/mol. The van der Waals surface area contributed by atoms with Gasteiger partial charge in [-0.25, -0.2) is 19.9 Å². The maximum absolute atomic E-state index is 5.26. The Labute approximate surface area is 302 Å². The van der Waals surface area contributed by atoms with E-state index in [1.54, 1.807) is 0 Å². The summed E-state index contributed by atoms with van der Waals surface area (Å²) in [7, 11) is 0. The fraction of sp³-hybridized carbons (Fsp3) is 0. The zero-order valence-electron chi connectivity index (χ0n) is 28.1. The molecule has 0 fully saturated rings. The van der Waals surface area contributed by atoms with Gasteiger partial charge in [0.05, 0.1) is 11.2 Å². The highest BCUT2D eigenvalue weighted by Gasteiger charge is 2.16. The first kappa shape index (κ1) is 30.9. The highest BCUT2D eigenvalue weighted by atomic mass is 14.9. The summed E-state index contributed by atoms with van der Waals surface area (Å²) in [5.74, 6) is 1.26. The van der Waals surface area contributed by atoms with Gasteiger partial charge in [0, 0.05) is 52.4 Å². The summed E-state index contributed by atoms with van der Waals surface area (Å²) in [5.41, 5.74) is 13.2. The molecule has 5 nitrogen and oxygen atoms in total. The highest BCUT2D eigenvalue weighted by molar-refractivity contribution is 5.96. The van der Waals surface area contributed by atoms with Gasteiger partial charge < -0.3 is 0 Å². The van der Waals surface area contributed by atoms with Gasteiger partial charge in [0.15, 0.2) is 11.6 Å². The van der Waals surface area contributed by atoms with Gasteiger partial charge in [0.25, 0.3) is 0 Å². The van der Waals surface area contributed by atoms with E-state index in [-0.39, 0.29) is 0 Å². The molecule has 0 saturated carbocycles. The summed E-state index contributed by atoms with van der Waals surface area (Å²) in [6.45, 7) is 0. The number of pyridine rings is 1.